The van der Waals surface area contributed by atoms with E-state index in [0.717, 1.165) is 25.3 Å². The summed E-state index contributed by atoms with van der Waals surface area (Å²) in [5.74, 6) is 1.08. The van der Waals surface area contributed by atoms with E-state index in [1.165, 1.54) is 44.3 Å². The molecule has 2 rings (SSSR count). The monoisotopic (exact) mass is 282 g/mol. The molecule has 2 nitrogen and oxygen atoms in total. The van der Waals surface area contributed by atoms with Crippen molar-refractivity contribution in [1.29, 1.82) is 0 Å². The van der Waals surface area contributed by atoms with Crippen molar-refractivity contribution >= 4 is 0 Å². The standard InChI is InChI=1S/C16H25NO.ClH/c1-2-8-15-9-4-5-10-16(15)18-14-13-17-11-6-3-7-12-17;/h4-5,9-10H,2-3,6-8,11-14H2,1H3;1H/p-1. The van der Waals surface area contributed by atoms with Crippen LogP contribution in [0.1, 0.15) is 38.2 Å². The van der Waals surface area contributed by atoms with Crippen LogP contribution in [-0.2, 0) is 6.42 Å². The number of para-hydroxylation sites is 1. The molecule has 0 bridgehead atoms. The highest BCUT2D eigenvalue weighted by atomic mass is 35.5. The molecule has 0 atom stereocenters. The lowest BCUT2D eigenvalue weighted by Gasteiger charge is -2.26. The van der Waals surface area contributed by atoms with Gasteiger partial charge >= 0.3 is 0 Å². The van der Waals surface area contributed by atoms with Gasteiger partial charge in [-0.15, -0.1) is 0 Å². The second kappa shape index (κ2) is 9.22. The number of aryl methyl sites for hydroxylation is 1. The summed E-state index contributed by atoms with van der Waals surface area (Å²) in [6, 6.07) is 8.44. The maximum Gasteiger partial charge on any atom is 0.122 e. The lowest BCUT2D eigenvalue weighted by molar-refractivity contribution is -0.00000426. The highest BCUT2D eigenvalue weighted by Gasteiger charge is 2.10. The van der Waals surface area contributed by atoms with Crippen LogP contribution in [-0.4, -0.2) is 31.1 Å². The second-order valence-corrected chi connectivity index (χ2v) is 5.11. The number of hydrogen-bond donors (Lipinski definition) is 0. The Balaban J connectivity index is 0.00000180. The molecule has 0 amide bonds. The van der Waals surface area contributed by atoms with Crippen LogP contribution in [0.3, 0.4) is 0 Å². The first-order valence-electron chi connectivity index (χ1n) is 7.33. The van der Waals surface area contributed by atoms with E-state index < -0.39 is 0 Å². The number of ether oxygens (including phenoxy) is 1. The van der Waals surface area contributed by atoms with Crippen molar-refractivity contribution in [2.24, 2.45) is 0 Å². The van der Waals surface area contributed by atoms with Crippen molar-refractivity contribution in [1.82, 2.24) is 4.90 Å². The quantitative estimate of drug-likeness (QED) is 0.754. The minimum atomic E-state index is 0. The molecule has 108 valence electrons. The van der Waals surface area contributed by atoms with Crippen molar-refractivity contribution < 1.29 is 17.1 Å². The minimum Gasteiger partial charge on any atom is -1.00 e. The highest BCUT2D eigenvalue weighted by Crippen LogP contribution is 2.19. The number of halogens is 1. The number of rotatable bonds is 6. The molecule has 1 aliphatic heterocycles. The van der Waals surface area contributed by atoms with Crippen LogP contribution in [0, 0.1) is 0 Å². The lowest BCUT2D eigenvalue weighted by atomic mass is 10.1. The van der Waals surface area contributed by atoms with E-state index in [1.807, 2.05) is 0 Å². The van der Waals surface area contributed by atoms with Gasteiger partial charge in [-0.3, -0.25) is 4.90 Å². The fraction of sp³-hybridized carbons (Fsp3) is 0.625. The minimum absolute atomic E-state index is 0. The van der Waals surface area contributed by atoms with Crippen LogP contribution < -0.4 is 17.1 Å². The van der Waals surface area contributed by atoms with Crippen molar-refractivity contribution in [2.45, 2.75) is 39.0 Å². The smallest absolute Gasteiger partial charge is 0.122 e. The summed E-state index contributed by atoms with van der Waals surface area (Å²) in [5, 5.41) is 0. The second-order valence-electron chi connectivity index (χ2n) is 5.11. The van der Waals surface area contributed by atoms with Gasteiger partial charge in [0.25, 0.3) is 0 Å². The van der Waals surface area contributed by atoms with Crippen LogP contribution in [0.15, 0.2) is 24.3 Å². The van der Waals surface area contributed by atoms with Crippen molar-refractivity contribution in [3.8, 4) is 5.75 Å². The molecular formula is C16H25ClNO-. The summed E-state index contributed by atoms with van der Waals surface area (Å²) >= 11 is 0. The normalized spacial score (nSPS) is 15.8. The number of likely N-dealkylation sites (tertiary alicyclic amines) is 1. The van der Waals surface area contributed by atoms with Gasteiger partial charge in [-0.25, -0.2) is 0 Å². The number of piperidine rings is 1. The van der Waals surface area contributed by atoms with Crippen LogP contribution in [0.5, 0.6) is 5.75 Å². The van der Waals surface area contributed by atoms with Crippen LogP contribution in [0.4, 0.5) is 0 Å². The summed E-state index contributed by atoms with van der Waals surface area (Å²) in [6.07, 6.45) is 6.39. The summed E-state index contributed by atoms with van der Waals surface area (Å²) in [4.78, 5) is 2.52. The SMILES string of the molecule is CCCc1ccccc1OCCN1CCCCC1.[Cl-]. The molecule has 1 saturated heterocycles. The Hall–Kier alpha value is -0.730. The Labute approximate surface area is 123 Å². The number of benzene rings is 1. The van der Waals surface area contributed by atoms with Crippen LogP contribution in [0.2, 0.25) is 0 Å². The van der Waals surface area contributed by atoms with E-state index in [1.54, 1.807) is 0 Å². The fourth-order valence-electron chi connectivity index (χ4n) is 2.59. The van der Waals surface area contributed by atoms with Gasteiger partial charge in [-0.1, -0.05) is 38.0 Å². The van der Waals surface area contributed by atoms with Gasteiger partial charge in [-0.05, 0) is 44.0 Å². The van der Waals surface area contributed by atoms with Gasteiger partial charge in [-0.2, -0.15) is 0 Å². The average molecular weight is 283 g/mol. The number of nitrogens with zero attached hydrogens (tertiary/aromatic N) is 1. The largest absolute Gasteiger partial charge is 1.00 e. The van der Waals surface area contributed by atoms with Gasteiger partial charge in [0, 0.05) is 6.54 Å². The third kappa shape index (κ3) is 5.42. The van der Waals surface area contributed by atoms with Crippen molar-refractivity contribution in [2.75, 3.05) is 26.2 Å². The molecule has 1 heterocycles. The predicted octanol–water partition coefficient (Wildman–Crippen LogP) is 0.508. The molecule has 0 radical (unpaired) electrons. The maximum atomic E-state index is 5.95. The molecule has 1 aromatic rings. The van der Waals surface area contributed by atoms with Gasteiger partial charge < -0.3 is 17.1 Å². The average Bonchev–Trinajstić information content (AvgIpc) is 2.42. The Bertz CT molecular complexity index is 350. The fourth-order valence-corrected chi connectivity index (χ4v) is 2.59. The van der Waals surface area contributed by atoms with Crippen LogP contribution >= 0.6 is 0 Å². The molecule has 0 aromatic heterocycles. The van der Waals surface area contributed by atoms with Crippen molar-refractivity contribution in [3.05, 3.63) is 29.8 Å². The first-order chi connectivity index (χ1) is 8.90. The van der Waals surface area contributed by atoms with E-state index in [9.17, 15) is 0 Å². The topological polar surface area (TPSA) is 12.5 Å². The van der Waals surface area contributed by atoms with Gasteiger partial charge in [0.05, 0.1) is 0 Å². The molecule has 19 heavy (non-hydrogen) atoms. The molecule has 0 N–H and O–H groups in total. The molecule has 0 saturated carbocycles. The predicted molar refractivity (Wildman–Crippen MR) is 76.2 cm³/mol. The van der Waals surface area contributed by atoms with Gasteiger partial charge in [0.15, 0.2) is 0 Å². The highest BCUT2D eigenvalue weighted by molar-refractivity contribution is 5.33. The summed E-state index contributed by atoms with van der Waals surface area (Å²) in [7, 11) is 0. The molecule has 0 spiro atoms. The molecule has 0 unspecified atom stereocenters. The number of hydrogen-bond acceptors (Lipinski definition) is 2. The zero-order valence-electron chi connectivity index (χ0n) is 11.9. The van der Waals surface area contributed by atoms with E-state index in [-0.39, 0.29) is 12.4 Å². The summed E-state index contributed by atoms with van der Waals surface area (Å²) in [6.45, 7) is 6.60. The molecule has 3 heteroatoms. The van der Waals surface area contributed by atoms with E-state index in [0.29, 0.717) is 0 Å². The van der Waals surface area contributed by atoms with Crippen LogP contribution in [0.25, 0.3) is 0 Å². The van der Waals surface area contributed by atoms with E-state index >= 15 is 0 Å². The van der Waals surface area contributed by atoms with Crippen molar-refractivity contribution in [3.63, 3.8) is 0 Å². The van der Waals surface area contributed by atoms with E-state index in [2.05, 4.69) is 36.1 Å². The van der Waals surface area contributed by atoms with Gasteiger partial charge in [0.2, 0.25) is 0 Å². The zero-order chi connectivity index (χ0) is 12.6. The summed E-state index contributed by atoms with van der Waals surface area (Å²) in [5.41, 5.74) is 1.35. The Morgan fingerprint density at radius 2 is 1.84 bits per heavy atom. The first-order valence-corrected chi connectivity index (χ1v) is 7.33. The zero-order valence-corrected chi connectivity index (χ0v) is 12.7. The molecule has 0 aliphatic carbocycles. The third-order valence-electron chi connectivity index (χ3n) is 3.61. The maximum absolute atomic E-state index is 5.95. The summed E-state index contributed by atoms with van der Waals surface area (Å²) < 4.78 is 5.95. The third-order valence-corrected chi connectivity index (χ3v) is 3.61. The molecule has 1 fully saturated rings. The molecule has 1 aliphatic rings. The lowest BCUT2D eigenvalue weighted by Crippen LogP contribution is -3.00. The molecular weight excluding hydrogens is 258 g/mol. The molecule has 1 aromatic carbocycles. The Morgan fingerprint density at radius 1 is 1.11 bits per heavy atom. The first kappa shape index (κ1) is 16.3. The van der Waals surface area contributed by atoms with Gasteiger partial charge in [0.1, 0.15) is 12.4 Å². The Kier molecular flexibility index (Phi) is 7.92. The Morgan fingerprint density at radius 3 is 2.58 bits per heavy atom. The van der Waals surface area contributed by atoms with E-state index in [4.69, 9.17) is 4.74 Å².